The predicted molar refractivity (Wildman–Crippen MR) is 114 cm³/mol. The van der Waals surface area contributed by atoms with Gasteiger partial charge in [-0.2, -0.15) is 0 Å². The van der Waals surface area contributed by atoms with Gasteiger partial charge in [-0.3, -0.25) is 4.90 Å². The van der Waals surface area contributed by atoms with Crippen molar-refractivity contribution in [1.29, 1.82) is 0 Å². The van der Waals surface area contributed by atoms with Gasteiger partial charge in [-0.15, -0.1) is 11.3 Å². The van der Waals surface area contributed by atoms with E-state index in [1.54, 1.807) is 11.3 Å². The van der Waals surface area contributed by atoms with Gasteiger partial charge < -0.3 is 9.64 Å². The Morgan fingerprint density at radius 2 is 1.67 bits per heavy atom. The third-order valence-corrected chi connectivity index (χ3v) is 6.27. The van der Waals surface area contributed by atoms with Gasteiger partial charge in [-0.1, -0.05) is 6.07 Å². The lowest BCUT2D eigenvalue weighted by Crippen LogP contribution is -2.46. The number of hydrogen-bond acceptors (Lipinski definition) is 4. The molecule has 1 saturated heterocycles. The number of anilines is 1. The first kappa shape index (κ1) is 20.8. The molecule has 2 aromatic carbocycles. The molecule has 30 heavy (non-hydrogen) atoms. The second kappa shape index (κ2) is 9.53. The molecule has 2 heterocycles. The van der Waals surface area contributed by atoms with Crippen molar-refractivity contribution in [2.24, 2.45) is 0 Å². The maximum atomic E-state index is 13.6. The Hall–Kier alpha value is -2.51. The van der Waals surface area contributed by atoms with Crippen LogP contribution in [0.4, 0.5) is 18.9 Å². The fourth-order valence-corrected chi connectivity index (χ4v) is 4.42. The van der Waals surface area contributed by atoms with Crippen molar-refractivity contribution in [1.82, 2.24) is 4.90 Å². The van der Waals surface area contributed by atoms with Crippen LogP contribution in [0.2, 0.25) is 0 Å². The van der Waals surface area contributed by atoms with E-state index in [9.17, 15) is 13.2 Å². The fourth-order valence-electron chi connectivity index (χ4n) is 3.63. The molecule has 0 N–H and O–H groups in total. The minimum Gasteiger partial charge on any atom is -0.485 e. The van der Waals surface area contributed by atoms with Crippen LogP contribution in [0.3, 0.4) is 0 Å². The summed E-state index contributed by atoms with van der Waals surface area (Å²) in [6.45, 7) is 4.39. The van der Waals surface area contributed by atoms with Gasteiger partial charge in [0.15, 0.2) is 11.6 Å². The quantitative estimate of drug-likeness (QED) is 0.491. The van der Waals surface area contributed by atoms with Gasteiger partial charge >= 0.3 is 0 Å². The molecule has 1 fully saturated rings. The highest BCUT2D eigenvalue weighted by atomic mass is 32.1. The van der Waals surface area contributed by atoms with Crippen LogP contribution in [0, 0.1) is 17.5 Å². The lowest BCUT2D eigenvalue weighted by molar-refractivity contribution is 0.162. The molecule has 7 heteroatoms. The molecule has 158 valence electrons. The minimum absolute atomic E-state index is 0.218. The average molecular weight is 433 g/mol. The summed E-state index contributed by atoms with van der Waals surface area (Å²) in [5.41, 5.74) is 1.04. The molecule has 3 aromatic rings. The summed E-state index contributed by atoms with van der Waals surface area (Å²) in [4.78, 5) is 5.68. The summed E-state index contributed by atoms with van der Waals surface area (Å²) in [7, 11) is 0. The second-order valence-corrected chi connectivity index (χ2v) is 8.27. The Bertz CT molecular complexity index is 942. The van der Waals surface area contributed by atoms with E-state index >= 15 is 0 Å². The summed E-state index contributed by atoms with van der Waals surface area (Å²) in [5.74, 6) is -1.69. The number of halogens is 3. The van der Waals surface area contributed by atoms with Crippen LogP contribution in [0.15, 0.2) is 60.0 Å². The van der Waals surface area contributed by atoms with Crippen molar-refractivity contribution >= 4 is 17.0 Å². The fraction of sp³-hybridized carbons (Fsp3) is 0.304. The molecule has 1 aliphatic rings. The van der Waals surface area contributed by atoms with E-state index in [0.717, 1.165) is 61.8 Å². The Labute approximate surface area is 178 Å². The van der Waals surface area contributed by atoms with Crippen molar-refractivity contribution in [3.8, 4) is 5.75 Å². The molecule has 1 atom stereocenters. The van der Waals surface area contributed by atoms with Crippen LogP contribution in [0.1, 0.15) is 17.4 Å². The third-order valence-electron chi connectivity index (χ3n) is 5.30. The highest BCUT2D eigenvalue weighted by molar-refractivity contribution is 7.10. The number of thiophene rings is 1. The maximum absolute atomic E-state index is 13.6. The molecule has 0 radical (unpaired) electrons. The van der Waals surface area contributed by atoms with Crippen LogP contribution in [0.5, 0.6) is 5.75 Å². The molecule has 0 unspecified atom stereocenters. The molecule has 3 nitrogen and oxygen atoms in total. The third kappa shape index (κ3) is 5.15. The predicted octanol–water partition coefficient (Wildman–Crippen LogP) is 5.50. The van der Waals surface area contributed by atoms with Crippen LogP contribution < -0.4 is 9.64 Å². The molecule has 1 aliphatic heterocycles. The number of benzene rings is 2. The first-order valence-electron chi connectivity index (χ1n) is 9.96. The van der Waals surface area contributed by atoms with Crippen LogP contribution in [-0.2, 0) is 0 Å². The van der Waals surface area contributed by atoms with E-state index in [4.69, 9.17) is 4.74 Å². The monoisotopic (exact) mass is 432 g/mol. The van der Waals surface area contributed by atoms with Crippen LogP contribution in [-0.4, -0.2) is 37.6 Å². The zero-order valence-electron chi connectivity index (χ0n) is 16.4. The zero-order chi connectivity index (χ0) is 20.9. The summed E-state index contributed by atoms with van der Waals surface area (Å²) >= 11 is 1.59. The zero-order valence-corrected chi connectivity index (χ0v) is 17.3. The summed E-state index contributed by atoms with van der Waals surface area (Å²) < 4.78 is 45.9. The average Bonchev–Trinajstić information content (AvgIpc) is 3.29. The molecule has 0 spiro atoms. The number of ether oxygens (including phenoxy) is 1. The highest BCUT2D eigenvalue weighted by Gasteiger charge is 2.21. The normalized spacial score (nSPS) is 15.9. The van der Waals surface area contributed by atoms with Crippen LogP contribution in [0.25, 0.3) is 0 Å². The highest BCUT2D eigenvalue weighted by Crippen LogP contribution is 2.29. The van der Waals surface area contributed by atoms with Gasteiger partial charge in [0.25, 0.3) is 0 Å². The minimum atomic E-state index is -0.908. The standard InChI is InChI=1S/C23H23F3N2OS/c24-17-3-5-18(6-4-17)28-13-11-27(12-14-28)10-9-22(23-2-1-15-30-23)29-19-7-8-20(25)21(26)16-19/h1-8,15-16,22H,9-14H2/t22-/m0/s1. The molecule has 1 aromatic heterocycles. The topological polar surface area (TPSA) is 15.7 Å². The van der Waals surface area contributed by atoms with Gasteiger partial charge in [0.2, 0.25) is 0 Å². The molecule has 0 saturated carbocycles. The number of hydrogen-bond donors (Lipinski definition) is 0. The second-order valence-electron chi connectivity index (χ2n) is 7.29. The van der Waals surface area contributed by atoms with Crippen LogP contribution >= 0.6 is 11.3 Å². The SMILES string of the molecule is Fc1ccc(N2CCN(CC[C@H](Oc3ccc(F)c(F)c3)c3cccs3)CC2)cc1. The Balaban J connectivity index is 1.34. The van der Waals surface area contributed by atoms with E-state index in [1.807, 2.05) is 29.6 Å². The molecule has 0 aliphatic carbocycles. The van der Waals surface area contributed by atoms with E-state index in [2.05, 4.69) is 9.80 Å². The number of piperazine rings is 1. The first-order chi connectivity index (χ1) is 14.6. The maximum Gasteiger partial charge on any atom is 0.162 e. The van der Waals surface area contributed by atoms with Gasteiger partial charge in [-0.25, -0.2) is 13.2 Å². The lowest BCUT2D eigenvalue weighted by atomic mass is 10.1. The summed E-state index contributed by atoms with van der Waals surface area (Å²) in [5, 5.41) is 1.98. The van der Waals surface area contributed by atoms with Gasteiger partial charge in [0, 0.05) is 55.8 Å². The van der Waals surface area contributed by atoms with Crippen molar-refractivity contribution in [2.75, 3.05) is 37.6 Å². The van der Waals surface area contributed by atoms with E-state index in [0.29, 0.717) is 5.75 Å². The van der Waals surface area contributed by atoms with Crippen molar-refractivity contribution < 1.29 is 17.9 Å². The van der Waals surface area contributed by atoms with E-state index in [-0.39, 0.29) is 11.9 Å². The number of rotatable bonds is 7. The van der Waals surface area contributed by atoms with Crippen molar-refractivity contribution in [3.05, 3.63) is 82.3 Å². The van der Waals surface area contributed by atoms with Crippen molar-refractivity contribution in [2.45, 2.75) is 12.5 Å². The molecule has 0 amide bonds. The van der Waals surface area contributed by atoms with Gasteiger partial charge in [0.05, 0.1) is 0 Å². The Kier molecular flexibility index (Phi) is 6.59. The first-order valence-corrected chi connectivity index (χ1v) is 10.8. The largest absolute Gasteiger partial charge is 0.485 e. The number of nitrogens with zero attached hydrogens (tertiary/aromatic N) is 2. The van der Waals surface area contributed by atoms with E-state index < -0.39 is 11.6 Å². The molecular formula is C23H23F3N2OS. The van der Waals surface area contributed by atoms with Gasteiger partial charge in [-0.05, 0) is 47.8 Å². The molecule has 4 rings (SSSR count). The smallest absolute Gasteiger partial charge is 0.162 e. The molecular weight excluding hydrogens is 409 g/mol. The van der Waals surface area contributed by atoms with Crippen molar-refractivity contribution in [3.63, 3.8) is 0 Å². The Morgan fingerprint density at radius 1 is 0.900 bits per heavy atom. The van der Waals surface area contributed by atoms with Gasteiger partial charge in [0.1, 0.15) is 17.7 Å². The lowest BCUT2D eigenvalue weighted by Gasteiger charge is -2.36. The summed E-state index contributed by atoms with van der Waals surface area (Å²) in [6, 6.07) is 14.2. The summed E-state index contributed by atoms with van der Waals surface area (Å²) in [6.07, 6.45) is 0.528. The Morgan fingerprint density at radius 3 is 2.33 bits per heavy atom. The van der Waals surface area contributed by atoms with E-state index in [1.165, 1.54) is 18.2 Å². The molecule has 0 bridgehead atoms.